The second-order valence-electron chi connectivity index (χ2n) is 8.58. The summed E-state index contributed by atoms with van der Waals surface area (Å²) < 4.78 is 43.1. The molecule has 1 amide bonds. The lowest BCUT2D eigenvalue weighted by molar-refractivity contribution is 0.0827. The minimum atomic E-state index is -3.65. The number of aryl methyl sites for hydroxylation is 1. The highest BCUT2D eigenvalue weighted by atomic mass is 32.2. The molecule has 2 N–H and O–H groups in total. The van der Waals surface area contributed by atoms with Crippen molar-refractivity contribution < 1.29 is 17.6 Å². The lowest BCUT2D eigenvalue weighted by Gasteiger charge is -2.15. The number of aromatic nitrogens is 1. The minimum Gasteiger partial charge on any atom is -0.345 e. The van der Waals surface area contributed by atoms with Crippen molar-refractivity contribution in [2.75, 3.05) is 34.7 Å². The minimum absolute atomic E-state index is 0.0182. The Labute approximate surface area is 200 Å². The van der Waals surface area contributed by atoms with Gasteiger partial charge in [-0.2, -0.15) is 0 Å². The zero-order chi connectivity index (χ0) is 25.4. The van der Waals surface area contributed by atoms with Crippen LogP contribution in [0.1, 0.15) is 21.6 Å². The molecule has 182 valence electrons. The molecule has 0 atom stereocenters. The number of rotatable bonds is 7. The first kappa shape index (κ1) is 25.6. The molecule has 34 heavy (non-hydrogen) atoms. The molecule has 7 nitrogen and oxygen atoms in total. The summed E-state index contributed by atoms with van der Waals surface area (Å²) in [4.78, 5) is 14.5. The third-order valence-corrected chi connectivity index (χ3v) is 7.75. The molecular weight excluding hydrogens is 455 g/mol. The molecule has 0 unspecified atom stereocenters. The van der Waals surface area contributed by atoms with Gasteiger partial charge in [0.05, 0.1) is 11.4 Å². The SMILES string of the molecule is Cc1c(C(=O)N(C)C)ccc2c1c(-c1cccc(S(=O)(=O)N(C)C)c1)c(C)n2C/C(F)=C/CN. The van der Waals surface area contributed by atoms with Gasteiger partial charge in [-0.15, -0.1) is 0 Å². The Bertz CT molecular complexity index is 1390. The zero-order valence-corrected chi connectivity index (χ0v) is 21.2. The average Bonchev–Trinajstić information content (AvgIpc) is 3.05. The highest BCUT2D eigenvalue weighted by Crippen LogP contribution is 2.39. The molecule has 0 saturated carbocycles. The van der Waals surface area contributed by atoms with Crippen molar-refractivity contribution in [1.82, 2.24) is 13.8 Å². The fourth-order valence-corrected chi connectivity index (χ4v) is 5.08. The van der Waals surface area contributed by atoms with Gasteiger partial charge in [0.15, 0.2) is 0 Å². The molecule has 0 aliphatic rings. The average molecular weight is 487 g/mol. The van der Waals surface area contributed by atoms with Crippen LogP contribution in [0.2, 0.25) is 0 Å². The van der Waals surface area contributed by atoms with Crippen LogP contribution in [0.4, 0.5) is 4.39 Å². The van der Waals surface area contributed by atoms with Gasteiger partial charge in [0.25, 0.3) is 5.91 Å². The first-order valence-corrected chi connectivity index (χ1v) is 12.3. The van der Waals surface area contributed by atoms with Gasteiger partial charge in [0, 0.05) is 62.5 Å². The fourth-order valence-electron chi connectivity index (χ4n) is 4.13. The molecular formula is C25H31FN4O3S. The number of nitrogens with two attached hydrogens (primary N) is 1. The second-order valence-corrected chi connectivity index (χ2v) is 10.7. The molecule has 0 aliphatic heterocycles. The summed E-state index contributed by atoms with van der Waals surface area (Å²) in [5.41, 5.74) is 9.71. The topological polar surface area (TPSA) is 88.6 Å². The molecule has 3 rings (SSSR count). The number of carbonyl (C=O) groups excluding carboxylic acids is 1. The highest BCUT2D eigenvalue weighted by Gasteiger charge is 2.24. The Hall–Kier alpha value is -3.01. The van der Waals surface area contributed by atoms with E-state index in [0.717, 1.165) is 32.0 Å². The smallest absolute Gasteiger partial charge is 0.253 e. The van der Waals surface area contributed by atoms with Crippen molar-refractivity contribution in [2.45, 2.75) is 25.3 Å². The van der Waals surface area contributed by atoms with Crippen LogP contribution in [0.5, 0.6) is 0 Å². The molecule has 3 aromatic rings. The molecule has 0 fully saturated rings. The van der Waals surface area contributed by atoms with Crippen molar-refractivity contribution in [3.05, 3.63) is 65.1 Å². The van der Waals surface area contributed by atoms with E-state index in [1.165, 1.54) is 25.1 Å². The number of benzene rings is 2. The number of amides is 1. The summed E-state index contributed by atoms with van der Waals surface area (Å²) >= 11 is 0. The van der Waals surface area contributed by atoms with Crippen LogP contribution >= 0.6 is 0 Å². The number of hydrogen-bond donors (Lipinski definition) is 1. The van der Waals surface area contributed by atoms with E-state index in [2.05, 4.69) is 0 Å². The summed E-state index contributed by atoms with van der Waals surface area (Å²) in [5.74, 6) is -0.516. The Morgan fingerprint density at radius 2 is 1.79 bits per heavy atom. The molecule has 0 aliphatic carbocycles. The van der Waals surface area contributed by atoms with E-state index in [1.807, 2.05) is 30.5 Å². The molecule has 1 heterocycles. The van der Waals surface area contributed by atoms with Crippen LogP contribution in [0.3, 0.4) is 0 Å². The molecule has 9 heteroatoms. The summed E-state index contributed by atoms with van der Waals surface area (Å²) in [6, 6.07) is 10.2. The van der Waals surface area contributed by atoms with E-state index >= 15 is 0 Å². The normalized spacial score (nSPS) is 12.6. The van der Waals surface area contributed by atoms with E-state index in [0.29, 0.717) is 11.1 Å². The van der Waals surface area contributed by atoms with E-state index in [1.54, 1.807) is 38.4 Å². The van der Waals surface area contributed by atoms with Gasteiger partial charge in [-0.3, -0.25) is 4.79 Å². The summed E-state index contributed by atoms with van der Waals surface area (Å²) in [6.45, 7) is 3.79. The molecule has 0 radical (unpaired) electrons. The molecule has 1 aromatic heterocycles. The lowest BCUT2D eigenvalue weighted by Crippen LogP contribution is -2.22. The van der Waals surface area contributed by atoms with E-state index in [-0.39, 0.29) is 29.7 Å². The van der Waals surface area contributed by atoms with Crippen LogP contribution in [0.25, 0.3) is 22.0 Å². The maximum Gasteiger partial charge on any atom is 0.253 e. The number of allylic oxidation sites excluding steroid dienone is 1. The summed E-state index contributed by atoms with van der Waals surface area (Å²) in [5, 5.41) is 0.783. The number of halogens is 1. The van der Waals surface area contributed by atoms with Crippen LogP contribution < -0.4 is 5.73 Å². The third kappa shape index (κ3) is 4.51. The molecule has 0 saturated heterocycles. The van der Waals surface area contributed by atoms with Crippen LogP contribution in [-0.4, -0.2) is 62.8 Å². The van der Waals surface area contributed by atoms with Gasteiger partial charge in [0.2, 0.25) is 10.0 Å². The standard InChI is InChI=1S/C25H31FN4O3S/c1-16-21(25(31)28(3)4)10-11-22-23(16)24(17(2)30(22)15-19(26)12-13-27)18-8-7-9-20(14-18)34(32,33)29(5)6/h7-12,14H,13,15,27H2,1-6H3/b19-12-. The van der Waals surface area contributed by atoms with Gasteiger partial charge in [-0.25, -0.2) is 17.1 Å². The first-order valence-electron chi connectivity index (χ1n) is 10.8. The van der Waals surface area contributed by atoms with Gasteiger partial charge in [-0.05, 0) is 55.3 Å². The molecule has 0 bridgehead atoms. The molecule has 0 spiro atoms. The van der Waals surface area contributed by atoms with E-state index in [9.17, 15) is 17.6 Å². The Morgan fingerprint density at radius 1 is 1.12 bits per heavy atom. The van der Waals surface area contributed by atoms with Crippen LogP contribution in [0.15, 0.2) is 53.2 Å². The van der Waals surface area contributed by atoms with Crippen LogP contribution in [-0.2, 0) is 16.6 Å². The first-order chi connectivity index (χ1) is 15.9. The Morgan fingerprint density at radius 3 is 2.38 bits per heavy atom. The highest BCUT2D eigenvalue weighted by molar-refractivity contribution is 7.89. The van der Waals surface area contributed by atoms with Crippen molar-refractivity contribution in [1.29, 1.82) is 0 Å². The van der Waals surface area contributed by atoms with Crippen molar-refractivity contribution >= 4 is 26.8 Å². The largest absolute Gasteiger partial charge is 0.345 e. The van der Waals surface area contributed by atoms with Crippen molar-refractivity contribution in [2.24, 2.45) is 5.73 Å². The molecule has 2 aromatic carbocycles. The second kappa shape index (κ2) is 9.69. The van der Waals surface area contributed by atoms with Crippen molar-refractivity contribution in [3.63, 3.8) is 0 Å². The summed E-state index contributed by atoms with van der Waals surface area (Å²) in [6.07, 6.45) is 1.33. The van der Waals surface area contributed by atoms with Gasteiger partial charge < -0.3 is 15.2 Å². The third-order valence-electron chi connectivity index (χ3n) is 5.94. The monoisotopic (exact) mass is 486 g/mol. The predicted octanol–water partition coefficient (Wildman–Crippen LogP) is 3.69. The maximum atomic E-state index is 14.5. The van der Waals surface area contributed by atoms with E-state index < -0.39 is 10.0 Å². The number of sulfonamides is 1. The number of hydrogen-bond acceptors (Lipinski definition) is 4. The van der Waals surface area contributed by atoms with E-state index in [4.69, 9.17) is 5.73 Å². The van der Waals surface area contributed by atoms with Crippen LogP contribution in [0, 0.1) is 13.8 Å². The summed E-state index contributed by atoms with van der Waals surface area (Å²) in [7, 11) is 2.68. The number of carbonyl (C=O) groups is 1. The van der Waals surface area contributed by atoms with Gasteiger partial charge >= 0.3 is 0 Å². The van der Waals surface area contributed by atoms with Crippen molar-refractivity contribution in [3.8, 4) is 11.1 Å². The van der Waals surface area contributed by atoms with Gasteiger partial charge in [0.1, 0.15) is 5.83 Å². The predicted molar refractivity (Wildman–Crippen MR) is 134 cm³/mol. The lowest BCUT2D eigenvalue weighted by atomic mass is 9.96. The Balaban J connectivity index is 2.39. The zero-order valence-electron chi connectivity index (χ0n) is 20.4. The number of fused-ring (bicyclic) bond motifs is 1. The maximum absolute atomic E-state index is 14.5. The van der Waals surface area contributed by atoms with Gasteiger partial charge in [-0.1, -0.05) is 12.1 Å². The number of nitrogens with zero attached hydrogens (tertiary/aromatic N) is 3. The Kier molecular flexibility index (Phi) is 7.30. The fraction of sp³-hybridized carbons (Fsp3) is 0.320. The quantitative estimate of drug-likeness (QED) is 0.552.